The van der Waals surface area contributed by atoms with Gasteiger partial charge in [0, 0.05) is 64.6 Å². The van der Waals surface area contributed by atoms with Crippen molar-refractivity contribution in [3.05, 3.63) is 53.6 Å². The van der Waals surface area contributed by atoms with Crippen LogP contribution in [-0.4, -0.2) is 85.7 Å². The minimum Gasteiger partial charge on any atom is -0.454 e. The molecule has 0 spiro atoms. The van der Waals surface area contributed by atoms with E-state index in [0.29, 0.717) is 26.2 Å². The Hall–Kier alpha value is -3.26. The Morgan fingerprint density at radius 2 is 1.45 bits per heavy atom. The molecule has 2 amide bonds. The maximum atomic E-state index is 12.9. The molecule has 0 aliphatic carbocycles. The van der Waals surface area contributed by atoms with Gasteiger partial charge < -0.3 is 24.2 Å². The monoisotopic (exact) mass is 450 g/mol. The minimum atomic E-state index is -0.373. The molecule has 174 valence electrons. The van der Waals surface area contributed by atoms with Crippen molar-refractivity contribution in [2.75, 3.05) is 64.1 Å². The van der Waals surface area contributed by atoms with Gasteiger partial charge in [-0.1, -0.05) is 18.2 Å². The summed E-state index contributed by atoms with van der Waals surface area (Å²) in [5.41, 5.74) is 3.55. The number of piperazine rings is 2. The van der Waals surface area contributed by atoms with E-state index in [-0.39, 0.29) is 18.6 Å². The van der Waals surface area contributed by atoms with Gasteiger partial charge in [0.2, 0.25) is 6.79 Å². The molecule has 2 saturated heterocycles. The van der Waals surface area contributed by atoms with Crippen LogP contribution in [0.25, 0.3) is 0 Å². The van der Waals surface area contributed by atoms with Gasteiger partial charge in [0.25, 0.3) is 0 Å². The summed E-state index contributed by atoms with van der Waals surface area (Å²) in [6.07, 6.45) is 0. The average molecular weight is 451 g/mol. The van der Waals surface area contributed by atoms with Crippen LogP contribution >= 0.6 is 0 Å². The molecule has 0 atom stereocenters. The highest BCUT2D eigenvalue weighted by molar-refractivity contribution is 6.35. The highest BCUT2D eigenvalue weighted by Crippen LogP contribution is 2.32. The van der Waals surface area contributed by atoms with Gasteiger partial charge in [0.1, 0.15) is 0 Å². The number of nitrogens with zero attached hydrogens (tertiary/aromatic N) is 4. The number of anilines is 1. The van der Waals surface area contributed by atoms with E-state index in [9.17, 15) is 9.59 Å². The molecule has 0 radical (unpaired) electrons. The first-order valence-corrected chi connectivity index (χ1v) is 11.6. The molecule has 3 heterocycles. The normalized spacial score (nSPS) is 18.5. The number of hydrogen-bond acceptors (Lipinski definition) is 6. The van der Waals surface area contributed by atoms with Gasteiger partial charge in [0.15, 0.2) is 11.5 Å². The fourth-order valence-corrected chi connectivity index (χ4v) is 4.67. The molecule has 2 aromatic rings. The van der Waals surface area contributed by atoms with Crippen LogP contribution in [0.4, 0.5) is 5.69 Å². The summed E-state index contributed by atoms with van der Waals surface area (Å²) in [7, 11) is 0. The summed E-state index contributed by atoms with van der Waals surface area (Å²) in [6.45, 7) is 8.39. The summed E-state index contributed by atoms with van der Waals surface area (Å²) in [4.78, 5) is 33.7. The zero-order chi connectivity index (χ0) is 22.8. The summed E-state index contributed by atoms with van der Waals surface area (Å²) >= 11 is 0. The highest BCUT2D eigenvalue weighted by atomic mass is 16.7. The summed E-state index contributed by atoms with van der Waals surface area (Å²) in [5.74, 6) is 0.826. The molecule has 2 fully saturated rings. The van der Waals surface area contributed by atoms with Crippen molar-refractivity contribution >= 4 is 17.5 Å². The third-order valence-electron chi connectivity index (χ3n) is 6.62. The van der Waals surface area contributed by atoms with Gasteiger partial charge in [-0.2, -0.15) is 0 Å². The van der Waals surface area contributed by atoms with Gasteiger partial charge in [0.05, 0.1) is 0 Å². The van der Waals surface area contributed by atoms with Crippen LogP contribution in [0.3, 0.4) is 0 Å². The van der Waals surface area contributed by atoms with E-state index < -0.39 is 0 Å². The lowest BCUT2D eigenvalue weighted by Crippen LogP contribution is -2.56. The van der Waals surface area contributed by atoms with Crippen molar-refractivity contribution < 1.29 is 19.1 Å². The van der Waals surface area contributed by atoms with Crippen LogP contribution in [0, 0.1) is 6.92 Å². The summed E-state index contributed by atoms with van der Waals surface area (Å²) in [6, 6.07) is 14.4. The second-order valence-corrected chi connectivity index (χ2v) is 8.87. The Kier molecular flexibility index (Phi) is 6.09. The minimum absolute atomic E-state index is 0.272. The Morgan fingerprint density at radius 1 is 0.788 bits per heavy atom. The molecule has 0 aromatic heterocycles. The van der Waals surface area contributed by atoms with Gasteiger partial charge in [-0.25, -0.2) is 0 Å². The number of rotatable bonds is 3. The van der Waals surface area contributed by atoms with E-state index in [0.717, 1.165) is 49.8 Å². The topological polar surface area (TPSA) is 65.6 Å². The predicted molar refractivity (Wildman–Crippen MR) is 124 cm³/mol. The van der Waals surface area contributed by atoms with Crippen LogP contribution in [-0.2, 0) is 16.1 Å². The second kappa shape index (κ2) is 9.31. The van der Waals surface area contributed by atoms with E-state index in [2.05, 4.69) is 41.0 Å². The Labute approximate surface area is 194 Å². The first kappa shape index (κ1) is 21.6. The molecule has 0 N–H and O–H groups in total. The van der Waals surface area contributed by atoms with E-state index in [4.69, 9.17) is 9.47 Å². The molecule has 8 heteroatoms. The number of aryl methyl sites for hydroxylation is 1. The molecular formula is C25H30N4O4. The fourth-order valence-electron chi connectivity index (χ4n) is 4.67. The molecule has 33 heavy (non-hydrogen) atoms. The number of hydrogen-bond donors (Lipinski definition) is 0. The zero-order valence-electron chi connectivity index (χ0n) is 19.0. The smallest absolute Gasteiger partial charge is 0.312 e. The number of fused-ring (bicyclic) bond motifs is 1. The SMILES string of the molecule is Cc1cccc(N2CCN(C(=O)C(=O)N3CCN(Cc4ccc5c(c4)OCO5)CC3)CC2)c1. The second-order valence-electron chi connectivity index (χ2n) is 8.87. The lowest BCUT2D eigenvalue weighted by molar-refractivity contribution is -0.153. The molecular weight excluding hydrogens is 420 g/mol. The van der Waals surface area contributed by atoms with Crippen LogP contribution in [0.5, 0.6) is 11.5 Å². The van der Waals surface area contributed by atoms with E-state index in [1.807, 2.05) is 18.2 Å². The standard InChI is InChI=1S/C25H30N4O4/c1-19-3-2-4-21(15-19)27-11-13-29(14-12-27)25(31)24(30)28-9-7-26(8-10-28)17-20-5-6-22-23(16-20)33-18-32-22/h2-6,15-16H,7-14,17-18H2,1H3. The molecule has 5 rings (SSSR count). The van der Waals surface area contributed by atoms with Gasteiger partial charge in [-0.3, -0.25) is 14.5 Å². The molecule has 3 aliphatic heterocycles. The predicted octanol–water partition coefficient (Wildman–Crippen LogP) is 1.72. The maximum absolute atomic E-state index is 12.9. The number of benzene rings is 2. The number of ether oxygens (including phenoxy) is 2. The van der Waals surface area contributed by atoms with Crippen molar-refractivity contribution in [3.63, 3.8) is 0 Å². The average Bonchev–Trinajstić information content (AvgIpc) is 3.32. The number of carbonyl (C=O) groups excluding carboxylic acids is 2. The molecule has 2 aromatic carbocycles. The van der Waals surface area contributed by atoms with Crippen LogP contribution in [0.2, 0.25) is 0 Å². The van der Waals surface area contributed by atoms with Gasteiger partial charge in [-0.15, -0.1) is 0 Å². The van der Waals surface area contributed by atoms with Crippen LogP contribution < -0.4 is 14.4 Å². The Balaban J connectivity index is 1.09. The first-order chi connectivity index (χ1) is 16.1. The number of amides is 2. The van der Waals surface area contributed by atoms with E-state index >= 15 is 0 Å². The first-order valence-electron chi connectivity index (χ1n) is 11.6. The van der Waals surface area contributed by atoms with Crippen molar-refractivity contribution in [2.45, 2.75) is 13.5 Å². The van der Waals surface area contributed by atoms with Crippen molar-refractivity contribution in [1.29, 1.82) is 0 Å². The zero-order valence-corrected chi connectivity index (χ0v) is 19.0. The van der Waals surface area contributed by atoms with E-state index in [1.54, 1.807) is 9.80 Å². The Bertz CT molecular complexity index is 1030. The van der Waals surface area contributed by atoms with E-state index in [1.165, 1.54) is 11.3 Å². The van der Waals surface area contributed by atoms with Crippen molar-refractivity contribution in [2.24, 2.45) is 0 Å². The third kappa shape index (κ3) is 4.75. The van der Waals surface area contributed by atoms with Crippen LogP contribution in [0.1, 0.15) is 11.1 Å². The van der Waals surface area contributed by atoms with Gasteiger partial charge >= 0.3 is 11.8 Å². The molecule has 0 unspecified atom stereocenters. The highest BCUT2D eigenvalue weighted by Gasteiger charge is 2.31. The fraction of sp³-hybridized carbons (Fsp3) is 0.440. The Morgan fingerprint density at radius 3 is 2.15 bits per heavy atom. The maximum Gasteiger partial charge on any atom is 0.312 e. The molecule has 8 nitrogen and oxygen atoms in total. The van der Waals surface area contributed by atoms with Crippen LogP contribution in [0.15, 0.2) is 42.5 Å². The number of carbonyl (C=O) groups is 2. The largest absolute Gasteiger partial charge is 0.454 e. The lowest BCUT2D eigenvalue weighted by Gasteiger charge is -2.38. The summed E-state index contributed by atoms with van der Waals surface area (Å²) < 4.78 is 10.8. The quantitative estimate of drug-likeness (QED) is 0.664. The molecule has 3 aliphatic rings. The lowest BCUT2D eigenvalue weighted by atomic mass is 10.1. The molecule has 0 saturated carbocycles. The summed E-state index contributed by atoms with van der Waals surface area (Å²) in [5, 5.41) is 0. The van der Waals surface area contributed by atoms with Gasteiger partial charge in [-0.05, 0) is 42.3 Å². The van der Waals surface area contributed by atoms with Crippen molar-refractivity contribution in [3.8, 4) is 11.5 Å². The van der Waals surface area contributed by atoms with Crippen molar-refractivity contribution in [1.82, 2.24) is 14.7 Å². The molecule has 0 bridgehead atoms. The third-order valence-corrected chi connectivity index (χ3v) is 6.62.